The summed E-state index contributed by atoms with van der Waals surface area (Å²) in [6, 6.07) is 2.99. The number of carbonyl (C=O) groups excluding carboxylic acids is 1. The van der Waals surface area contributed by atoms with Crippen LogP contribution in [0.2, 0.25) is 0 Å². The van der Waals surface area contributed by atoms with Crippen molar-refractivity contribution in [3.05, 3.63) is 17.5 Å². The first-order chi connectivity index (χ1) is 8.47. The predicted octanol–water partition coefficient (Wildman–Crippen LogP) is 1.27. The average molecular weight is 248 g/mol. The van der Waals surface area contributed by atoms with E-state index in [1.165, 1.54) is 7.11 Å². The molecule has 1 aromatic heterocycles. The number of hydrogen-bond donors (Lipinski definition) is 1. The molecule has 18 heavy (non-hydrogen) atoms. The maximum atomic E-state index is 11.6. The number of esters is 1. The molecule has 1 N–H and O–H groups in total. The van der Waals surface area contributed by atoms with Crippen molar-refractivity contribution < 1.29 is 9.53 Å². The Morgan fingerprint density at radius 2 is 2.17 bits per heavy atom. The van der Waals surface area contributed by atoms with Gasteiger partial charge in [-0.25, -0.2) is 14.8 Å². The summed E-state index contributed by atoms with van der Waals surface area (Å²) in [4.78, 5) is 19.7. The standard InChI is InChI=1S/C12H16N4O2/c1-7(2)10(11(17)18-4)16-12-14-8(3)5-9(6-13)15-12/h5,7,10H,1-4H3,(H,14,15,16). The van der Waals surface area contributed by atoms with E-state index in [4.69, 9.17) is 10.00 Å². The zero-order chi connectivity index (χ0) is 13.7. The summed E-state index contributed by atoms with van der Waals surface area (Å²) < 4.78 is 4.71. The van der Waals surface area contributed by atoms with Crippen molar-refractivity contribution >= 4 is 11.9 Å². The SMILES string of the molecule is COC(=O)C(Nc1nc(C)cc(C#N)n1)C(C)C. The van der Waals surface area contributed by atoms with Crippen molar-refractivity contribution in [2.45, 2.75) is 26.8 Å². The lowest BCUT2D eigenvalue weighted by atomic mass is 10.1. The van der Waals surface area contributed by atoms with Crippen LogP contribution >= 0.6 is 0 Å². The van der Waals surface area contributed by atoms with Crippen LogP contribution in [0, 0.1) is 24.2 Å². The van der Waals surface area contributed by atoms with Gasteiger partial charge in [-0.05, 0) is 18.9 Å². The third-order valence-electron chi connectivity index (χ3n) is 2.38. The molecule has 1 aromatic rings. The van der Waals surface area contributed by atoms with Gasteiger partial charge in [0.05, 0.1) is 7.11 Å². The smallest absolute Gasteiger partial charge is 0.328 e. The number of ether oxygens (including phenoxy) is 1. The van der Waals surface area contributed by atoms with Gasteiger partial charge < -0.3 is 10.1 Å². The Labute approximate surface area is 106 Å². The number of nitrogens with zero attached hydrogens (tertiary/aromatic N) is 3. The fourth-order valence-corrected chi connectivity index (χ4v) is 1.45. The van der Waals surface area contributed by atoms with E-state index in [9.17, 15) is 4.79 Å². The van der Waals surface area contributed by atoms with Crippen molar-refractivity contribution in [1.82, 2.24) is 9.97 Å². The molecular weight excluding hydrogens is 232 g/mol. The predicted molar refractivity (Wildman–Crippen MR) is 65.7 cm³/mol. The van der Waals surface area contributed by atoms with Gasteiger partial charge >= 0.3 is 5.97 Å². The third kappa shape index (κ3) is 3.42. The molecule has 1 heterocycles. The Kier molecular flexibility index (Phi) is 4.60. The van der Waals surface area contributed by atoms with E-state index in [0.717, 1.165) is 0 Å². The molecule has 0 fully saturated rings. The monoisotopic (exact) mass is 248 g/mol. The molecule has 0 spiro atoms. The molecule has 0 aromatic carbocycles. The van der Waals surface area contributed by atoms with Gasteiger partial charge in [-0.1, -0.05) is 13.8 Å². The maximum absolute atomic E-state index is 11.6. The number of nitriles is 1. The minimum atomic E-state index is -0.539. The summed E-state index contributed by atoms with van der Waals surface area (Å²) in [5.41, 5.74) is 0.925. The Morgan fingerprint density at radius 3 is 2.67 bits per heavy atom. The minimum absolute atomic E-state index is 0.0205. The highest BCUT2D eigenvalue weighted by atomic mass is 16.5. The van der Waals surface area contributed by atoms with Crippen molar-refractivity contribution in [3.63, 3.8) is 0 Å². The highest BCUT2D eigenvalue weighted by Crippen LogP contribution is 2.11. The molecule has 0 bridgehead atoms. The van der Waals surface area contributed by atoms with Gasteiger partial charge in [-0.3, -0.25) is 0 Å². The topological polar surface area (TPSA) is 87.9 Å². The first kappa shape index (κ1) is 13.9. The number of carbonyl (C=O) groups is 1. The second-order valence-electron chi connectivity index (χ2n) is 4.22. The third-order valence-corrected chi connectivity index (χ3v) is 2.38. The number of rotatable bonds is 4. The fraction of sp³-hybridized carbons (Fsp3) is 0.500. The zero-order valence-electron chi connectivity index (χ0n) is 10.9. The molecule has 0 radical (unpaired) electrons. The Balaban J connectivity index is 2.98. The fourth-order valence-electron chi connectivity index (χ4n) is 1.45. The van der Waals surface area contributed by atoms with Crippen LogP contribution in [0.4, 0.5) is 5.95 Å². The Morgan fingerprint density at radius 1 is 1.50 bits per heavy atom. The minimum Gasteiger partial charge on any atom is -0.467 e. The summed E-state index contributed by atoms with van der Waals surface area (Å²) in [5.74, 6) is -0.101. The van der Waals surface area contributed by atoms with Gasteiger partial charge in [-0.2, -0.15) is 5.26 Å². The maximum Gasteiger partial charge on any atom is 0.328 e. The number of aromatic nitrogens is 2. The number of anilines is 1. The van der Waals surface area contributed by atoms with Crippen LogP contribution in [-0.4, -0.2) is 29.1 Å². The molecule has 96 valence electrons. The van der Waals surface area contributed by atoms with Crippen molar-refractivity contribution in [2.75, 3.05) is 12.4 Å². The summed E-state index contributed by atoms with van der Waals surface area (Å²) in [6.07, 6.45) is 0. The molecule has 0 amide bonds. The van der Waals surface area contributed by atoms with E-state index in [1.54, 1.807) is 13.0 Å². The molecule has 1 unspecified atom stereocenters. The molecule has 0 aliphatic carbocycles. The summed E-state index contributed by atoms with van der Waals surface area (Å²) in [7, 11) is 1.33. The molecular formula is C12H16N4O2. The molecule has 6 heteroatoms. The molecule has 1 atom stereocenters. The Bertz CT molecular complexity index is 479. The van der Waals surface area contributed by atoms with Crippen LogP contribution in [0.5, 0.6) is 0 Å². The molecule has 0 saturated heterocycles. The molecule has 6 nitrogen and oxygen atoms in total. The number of methoxy groups -OCH3 is 1. The van der Waals surface area contributed by atoms with E-state index in [0.29, 0.717) is 5.69 Å². The van der Waals surface area contributed by atoms with Gasteiger partial charge in [0.15, 0.2) is 0 Å². The number of hydrogen-bond acceptors (Lipinski definition) is 6. The van der Waals surface area contributed by atoms with Crippen LogP contribution in [0.15, 0.2) is 6.07 Å². The van der Waals surface area contributed by atoms with Crippen LogP contribution in [0.3, 0.4) is 0 Å². The summed E-state index contributed by atoms with van der Waals surface area (Å²) >= 11 is 0. The van der Waals surface area contributed by atoms with Gasteiger partial charge in [0.1, 0.15) is 17.8 Å². The quantitative estimate of drug-likeness (QED) is 0.807. The normalized spacial score (nSPS) is 11.8. The van der Waals surface area contributed by atoms with Crippen LogP contribution in [-0.2, 0) is 9.53 Å². The van der Waals surface area contributed by atoms with E-state index in [1.807, 2.05) is 19.9 Å². The summed E-state index contributed by atoms with van der Waals surface area (Å²) in [6.45, 7) is 5.53. The highest BCUT2D eigenvalue weighted by molar-refractivity contribution is 5.78. The molecule has 0 saturated carbocycles. The lowest BCUT2D eigenvalue weighted by molar-refractivity contribution is -0.142. The van der Waals surface area contributed by atoms with E-state index >= 15 is 0 Å². The highest BCUT2D eigenvalue weighted by Gasteiger charge is 2.23. The average Bonchev–Trinajstić information content (AvgIpc) is 2.34. The van der Waals surface area contributed by atoms with Crippen molar-refractivity contribution in [2.24, 2.45) is 5.92 Å². The lowest BCUT2D eigenvalue weighted by Gasteiger charge is -2.19. The second kappa shape index (κ2) is 5.96. The molecule has 0 aliphatic heterocycles. The Hall–Kier alpha value is -2.16. The van der Waals surface area contributed by atoms with Gasteiger partial charge in [0.2, 0.25) is 5.95 Å². The summed E-state index contributed by atoms with van der Waals surface area (Å²) in [5, 5.41) is 11.7. The first-order valence-corrected chi connectivity index (χ1v) is 5.58. The van der Waals surface area contributed by atoms with Gasteiger partial charge in [0.25, 0.3) is 0 Å². The van der Waals surface area contributed by atoms with Crippen LogP contribution in [0.25, 0.3) is 0 Å². The van der Waals surface area contributed by atoms with Crippen LogP contribution in [0.1, 0.15) is 25.2 Å². The van der Waals surface area contributed by atoms with Gasteiger partial charge in [-0.15, -0.1) is 0 Å². The van der Waals surface area contributed by atoms with E-state index in [-0.39, 0.29) is 23.5 Å². The van der Waals surface area contributed by atoms with Crippen LogP contribution < -0.4 is 5.32 Å². The van der Waals surface area contributed by atoms with E-state index in [2.05, 4.69) is 15.3 Å². The lowest BCUT2D eigenvalue weighted by Crippen LogP contribution is -2.36. The first-order valence-electron chi connectivity index (χ1n) is 5.58. The van der Waals surface area contributed by atoms with Crippen molar-refractivity contribution in [1.29, 1.82) is 5.26 Å². The van der Waals surface area contributed by atoms with E-state index < -0.39 is 6.04 Å². The molecule has 1 rings (SSSR count). The molecule has 0 aliphatic rings. The van der Waals surface area contributed by atoms with Gasteiger partial charge in [0, 0.05) is 5.69 Å². The number of aryl methyl sites for hydroxylation is 1. The van der Waals surface area contributed by atoms with Crippen molar-refractivity contribution in [3.8, 4) is 6.07 Å². The largest absolute Gasteiger partial charge is 0.467 e. The zero-order valence-corrected chi connectivity index (χ0v) is 10.9. The second-order valence-corrected chi connectivity index (χ2v) is 4.22. The number of nitrogens with one attached hydrogen (secondary N) is 1.